The zero-order valence-corrected chi connectivity index (χ0v) is 7.55. The van der Waals surface area contributed by atoms with Crippen LogP contribution in [0, 0.1) is 0 Å². The molecule has 0 atom stereocenters. The topological polar surface area (TPSA) is 62.7 Å². The van der Waals surface area contributed by atoms with E-state index in [0.29, 0.717) is 11.9 Å². The Morgan fingerprint density at radius 2 is 1.38 bits per heavy atom. The summed E-state index contributed by atoms with van der Waals surface area (Å²) in [5.41, 5.74) is 0. The van der Waals surface area contributed by atoms with Gasteiger partial charge >= 0.3 is 0 Å². The van der Waals surface area contributed by atoms with Gasteiger partial charge in [-0.05, 0) is 11.6 Å². The summed E-state index contributed by atoms with van der Waals surface area (Å²) in [5.74, 6) is 0.906. The maximum absolute atomic E-state index is 5.57. The van der Waals surface area contributed by atoms with Crippen molar-refractivity contribution in [2.75, 3.05) is 24.7 Å². The van der Waals surface area contributed by atoms with E-state index in [4.69, 9.17) is 11.6 Å². The molecule has 1 heterocycles. The Labute approximate surface area is 84.9 Å². The summed E-state index contributed by atoms with van der Waals surface area (Å²) in [7, 11) is 3.43. The Morgan fingerprint density at radius 1 is 1.00 bits per heavy atom. The summed E-state index contributed by atoms with van der Waals surface area (Å²) < 4.78 is 0. The molecule has 71 valence electrons. The van der Waals surface area contributed by atoms with E-state index < -0.39 is 0 Å². The van der Waals surface area contributed by atoms with Crippen molar-refractivity contribution in [1.82, 2.24) is 15.0 Å². The quantitative estimate of drug-likeness (QED) is 0.694. The first-order chi connectivity index (χ1) is 5.26. The van der Waals surface area contributed by atoms with Crippen molar-refractivity contribution in [2.45, 2.75) is 7.43 Å². The van der Waals surface area contributed by atoms with Crippen LogP contribution in [0.2, 0.25) is 5.28 Å². The molecule has 0 saturated heterocycles. The van der Waals surface area contributed by atoms with Gasteiger partial charge in [-0.3, -0.25) is 0 Å². The number of halogens is 1. The van der Waals surface area contributed by atoms with Gasteiger partial charge in [0.25, 0.3) is 0 Å². The minimum Gasteiger partial charge on any atom is -0.357 e. The van der Waals surface area contributed by atoms with Gasteiger partial charge in [-0.1, -0.05) is 7.43 Å². The number of hydrogen-bond donors (Lipinski definition) is 2. The molecule has 0 aliphatic rings. The Morgan fingerprint density at radius 3 is 1.69 bits per heavy atom. The number of nitrogens with zero attached hydrogens (tertiary/aromatic N) is 3. The molecule has 0 spiro atoms. The SMILES string of the molecule is C.CNc1nc(Cl)nc(NC)n1.[B]. The van der Waals surface area contributed by atoms with E-state index in [1.807, 2.05) is 0 Å². The van der Waals surface area contributed by atoms with Crippen molar-refractivity contribution in [1.29, 1.82) is 0 Å². The lowest BCUT2D eigenvalue weighted by Gasteiger charge is -2.00. The minimum atomic E-state index is 0. The van der Waals surface area contributed by atoms with Crippen molar-refractivity contribution >= 4 is 31.9 Å². The third-order valence-electron chi connectivity index (χ3n) is 1.06. The van der Waals surface area contributed by atoms with E-state index >= 15 is 0 Å². The average Bonchev–Trinajstić information content (AvgIpc) is 2.03. The maximum atomic E-state index is 5.57. The summed E-state index contributed by atoms with van der Waals surface area (Å²) in [6, 6.07) is 0. The van der Waals surface area contributed by atoms with E-state index in [0.717, 1.165) is 0 Å². The second kappa shape index (κ2) is 6.48. The van der Waals surface area contributed by atoms with Crippen LogP contribution in [0.25, 0.3) is 0 Å². The highest BCUT2D eigenvalue weighted by molar-refractivity contribution is 6.28. The van der Waals surface area contributed by atoms with Gasteiger partial charge in [-0.15, -0.1) is 0 Å². The summed E-state index contributed by atoms with van der Waals surface area (Å²) in [4.78, 5) is 11.5. The lowest BCUT2D eigenvalue weighted by atomic mass is 10.8. The zero-order chi connectivity index (χ0) is 8.27. The van der Waals surface area contributed by atoms with Crippen LogP contribution in [0.5, 0.6) is 0 Å². The van der Waals surface area contributed by atoms with Crippen molar-refractivity contribution < 1.29 is 0 Å². The molecule has 0 amide bonds. The maximum Gasteiger partial charge on any atom is 0.228 e. The molecular weight excluding hydrogens is 188 g/mol. The lowest BCUT2D eigenvalue weighted by Crippen LogP contribution is -2.03. The Bertz CT molecular complexity index is 235. The second-order valence-electron chi connectivity index (χ2n) is 1.75. The molecule has 13 heavy (non-hydrogen) atoms. The molecular formula is C6H12BClN5. The van der Waals surface area contributed by atoms with Gasteiger partial charge in [0.15, 0.2) is 0 Å². The van der Waals surface area contributed by atoms with Gasteiger partial charge in [-0.25, -0.2) is 0 Å². The molecule has 0 unspecified atom stereocenters. The average molecular weight is 200 g/mol. The van der Waals surface area contributed by atoms with Crippen LogP contribution in [0.15, 0.2) is 0 Å². The van der Waals surface area contributed by atoms with Gasteiger partial charge in [0.1, 0.15) is 0 Å². The highest BCUT2D eigenvalue weighted by Crippen LogP contribution is 2.07. The van der Waals surface area contributed by atoms with Crippen LogP contribution in [-0.4, -0.2) is 37.5 Å². The molecule has 0 aliphatic heterocycles. The third-order valence-corrected chi connectivity index (χ3v) is 1.22. The Hall–Kier alpha value is -1.04. The molecule has 3 radical (unpaired) electrons. The number of nitrogens with one attached hydrogen (secondary N) is 2. The van der Waals surface area contributed by atoms with E-state index in [2.05, 4.69) is 25.6 Å². The predicted molar refractivity (Wildman–Crippen MR) is 56.4 cm³/mol. The van der Waals surface area contributed by atoms with Crippen LogP contribution < -0.4 is 10.6 Å². The summed E-state index contributed by atoms with van der Waals surface area (Å²) in [6.07, 6.45) is 0. The molecule has 0 saturated carbocycles. The zero-order valence-electron chi connectivity index (χ0n) is 6.80. The lowest BCUT2D eigenvalue weighted by molar-refractivity contribution is 1.04. The molecule has 2 N–H and O–H groups in total. The van der Waals surface area contributed by atoms with Crippen molar-refractivity contribution in [3.8, 4) is 0 Å². The van der Waals surface area contributed by atoms with Crippen molar-refractivity contribution in [3.05, 3.63) is 5.28 Å². The van der Waals surface area contributed by atoms with Crippen LogP contribution >= 0.6 is 11.6 Å². The van der Waals surface area contributed by atoms with Gasteiger partial charge in [0, 0.05) is 22.5 Å². The van der Waals surface area contributed by atoms with E-state index in [9.17, 15) is 0 Å². The fourth-order valence-corrected chi connectivity index (χ4v) is 0.734. The Kier molecular flexibility index (Phi) is 7.22. The standard InChI is InChI=1S/C5H8ClN5.CH4.B/c1-7-4-9-3(6)10-5(8-2)11-4;;/h1-2H3,(H2,7,8,9,10,11);1H4;. The van der Waals surface area contributed by atoms with E-state index in [1.165, 1.54) is 0 Å². The number of rotatable bonds is 2. The van der Waals surface area contributed by atoms with Crippen LogP contribution in [0.3, 0.4) is 0 Å². The Balaban J connectivity index is 0. The fourth-order valence-electron chi connectivity index (χ4n) is 0.574. The second-order valence-corrected chi connectivity index (χ2v) is 2.09. The predicted octanol–water partition coefficient (Wildman–Crippen LogP) is 0.864. The molecule has 7 heteroatoms. The van der Waals surface area contributed by atoms with E-state index in [1.54, 1.807) is 14.1 Å². The number of anilines is 2. The molecule has 1 rings (SSSR count). The first-order valence-corrected chi connectivity index (χ1v) is 3.41. The van der Waals surface area contributed by atoms with Crippen LogP contribution in [0.4, 0.5) is 11.9 Å². The fraction of sp³-hybridized carbons (Fsp3) is 0.500. The highest BCUT2D eigenvalue weighted by Gasteiger charge is 1.99. The largest absolute Gasteiger partial charge is 0.357 e. The molecule has 0 fully saturated rings. The van der Waals surface area contributed by atoms with Crippen molar-refractivity contribution in [3.63, 3.8) is 0 Å². The molecule has 0 bridgehead atoms. The van der Waals surface area contributed by atoms with Crippen molar-refractivity contribution in [2.24, 2.45) is 0 Å². The van der Waals surface area contributed by atoms with Crippen LogP contribution in [-0.2, 0) is 0 Å². The molecule has 1 aromatic rings. The minimum absolute atomic E-state index is 0. The van der Waals surface area contributed by atoms with Gasteiger partial charge in [0.2, 0.25) is 17.2 Å². The third kappa shape index (κ3) is 3.94. The first kappa shape index (κ1) is 14.5. The molecule has 1 aromatic heterocycles. The molecule has 0 aliphatic carbocycles. The van der Waals surface area contributed by atoms with Gasteiger partial charge in [-0.2, -0.15) is 15.0 Å². The first-order valence-electron chi connectivity index (χ1n) is 3.03. The van der Waals surface area contributed by atoms with Gasteiger partial charge in [0.05, 0.1) is 0 Å². The highest BCUT2D eigenvalue weighted by atomic mass is 35.5. The summed E-state index contributed by atoms with van der Waals surface area (Å²) >= 11 is 5.57. The number of hydrogen-bond acceptors (Lipinski definition) is 5. The van der Waals surface area contributed by atoms with Gasteiger partial charge < -0.3 is 10.6 Å². The molecule has 5 nitrogen and oxygen atoms in total. The summed E-state index contributed by atoms with van der Waals surface area (Å²) in [6.45, 7) is 0. The smallest absolute Gasteiger partial charge is 0.228 e. The number of aromatic nitrogens is 3. The summed E-state index contributed by atoms with van der Waals surface area (Å²) in [5, 5.41) is 5.69. The van der Waals surface area contributed by atoms with Crippen LogP contribution in [0.1, 0.15) is 7.43 Å². The van der Waals surface area contributed by atoms with E-state index in [-0.39, 0.29) is 21.1 Å². The monoisotopic (exact) mass is 200 g/mol. The molecule has 0 aromatic carbocycles. The normalized spacial score (nSPS) is 7.92.